The van der Waals surface area contributed by atoms with Gasteiger partial charge in [0.1, 0.15) is 5.78 Å². The fourth-order valence-electron chi connectivity index (χ4n) is 1.80. The summed E-state index contributed by atoms with van der Waals surface area (Å²) < 4.78 is 4.93. The second-order valence-corrected chi connectivity index (χ2v) is 4.02. The van der Waals surface area contributed by atoms with Crippen molar-refractivity contribution in [3.8, 4) is 0 Å². The van der Waals surface area contributed by atoms with Gasteiger partial charge in [0.2, 0.25) is 0 Å². The molecule has 1 rings (SSSR count). The third-order valence-corrected chi connectivity index (χ3v) is 2.52. The van der Waals surface area contributed by atoms with Gasteiger partial charge in [-0.2, -0.15) is 0 Å². The molecule has 0 saturated carbocycles. The molecule has 0 spiro atoms. The number of hydrogen-bond acceptors (Lipinski definition) is 3. The minimum Gasteiger partial charge on any atom is -0.466 e. The molecule has 0 amide bonds. The molecule has 17 heavy (non-hydrogen) atoms. The van der Waals surface area contributed by atoms with Crippen LogP contribution in [0.1, 0.15) is 38.2 Å². The standard InChI is InChI=1S/C14H18O3/c1-3-17-14(16)10-13(9-11(2)15)12-7-5-4-6-8-12/h4-8,13H,3,9-10H2,1-2H3/t13-/m1/s1. The summed E-state index contributed by atoms with van der Waals surface area (Å²) in [5.41, 5.74) is 1.01. The van der Waals surface area contributed by atoms with Crippen LogP contribution in [0, 0.1) is 0 Å². The van der Waals surface area contributed by atoms with E-state index in [-0.39, 0.29) is 24.1 Å². The highest BCUT2D eigenvalue weighted by molar-refractivity contribution is 5.78. The van der Waals surface area contributed by atoms with Crippen molar-refractivity contribution >= 4 is 11.8 Å². The summed E-state index contributed by atoms with van der Waals surface area (Å²) >= 11 is 0. The second kappa shape index (κ2) is 6.84. The van der Waals surface area contributed by atoms with Crippen LogP contribution < -0.4 is 0 Å². The van der Waals surface area contributed by atoms with Crippen molar-refractivity contribution in [2.75, 3.05) is 6.61 Å². The summed E-state index contributed by atoms with van der Waals surface area (Å²) in [7, 11) is 0. The lowest BCUT2D eigenvalue weighted by Gasteiger charge is -2.14. The van der Waals surface area contributed by atoms with Crippen molar-refractivity contribution in [1.82, 2.24) is 0 Å². The monoisotopic (exact) mass is 234 g/mol. The van der Waals surface area contributed by atoms with Crippen molar-refractivity contribution in [1.29, 1.82) is 0 Å². The smallest absolute Gasteiger partial charge is 0.306 e. The van der Waals surface area contributed by atoms with E-state index in [1.54, 1.807) is 13.8 Å². The first-order valence-corrected chi connectivity index (χ1v) is 5.83. The van der Waals surface area contributed by atoms with Crippen molar-refractivity contribution < 1.29 is 14.3 Å². The quantitative estimate of drug-likeness (QED) is 0.711. The summed E-state index contributed by atoms with van der Waals surface area (Å²) in [5, 5.41) is 0. The van der Waals surface area contributed by atoms with E-state index in [1.807, 2.05) is 30.3 Å². The molecule has 3 heteroatoms. The normalized spacial score (nSPS) is 11.9. The zero-order chi connectivity index (χ0) is 12.7. The van der Waals surface area contributed by atoms with E-state index in [1.165, 1.54) is 0 Å². The first-order chi connectivity index (χ1) is 8.13. The number of carbonyl (C=O) groups excluding carboxylic acids is 2. The van der Waals surface area contributed by atoms with Crippen LogP contribution >= 0.6 is 0 Å². The topological polar surface area (TPSA) is 43.4 Å². The number of hydrogen-bond donors (Lipinski definition) is 0. The molecule has 0 aromatic heterocycles. The predicted molar refractivity (Wildman–Crippen MR) is 65.7 cm³/mol. The van der Waals surface area contributed by atoms with Gasteiger partial charge >= 0.3 is 5.97 Å². The average molecular weight is 234 g/mol. The lowest BCUT2D eigenvalue weighted by Crippen LogP contribution is -2.12. The molecule has 1 aromatic rings. The summed E-state index contributed by atoms with van der Waals surface area (Å²) in [6, 6.07) is 9.61. The van der Waals surface area contributed by atoms with E-state index in [2.05, 4.69) is 0 Å². The third kappa shape index (κ3) is 4.81. The van der Waals surface area contributed by atoms with Crippen LogP contribution in [0.4, 0.5) is 0 Å². The van der Waals surface area contributed by atoms with Gasteiger partial charge in [0.25, 0.3) is 0 Å². The van der Waals surface area contributed by atoms with Crippen LogP contribution in [0.25, 0.3) is 0 Å². The molecule has 0 N–H and O–H groups in total. The van der Waals surface area contributed by atoms with Gasteiger partial charge in [0.15, 0.2) is 0 Å². The molecule has 1 aromatic carbocycles. The SMILES string of the molecule is CCOC(=O)C[C@@H](CC(C)=O)c1ccccc1. The fourth-order valence-corrected chi connectivity index (χ4v) is 1.80. The number of ether oxygens (including phenoxy) is 1. The highest BCUT2D eigenvalue weighted by Gasteiger charge is 2.18. The van der Waals surface area contributed by atoms with E-state index < -0.39 is 0 Å². The molecule has 0 saturated heterocycles. The van der Waals surface area contributed by atoms with Crippen molar-refractivity contribution in [2.45, 2.75) is 32.6 Å². The molecule has 0 aliphatic heterocycles. The van der Waals surface area contributed by atoms with Crippen LogP contribution in [0.2, 0.25) is 0 Å². The van der Waals surface area contributed by atoms with Gasteiger partial charge in [-0.3, -0.25) is 4.79 Å². The minimum absolute atomic E-state index is 0.0762. The molecule has 0 unspecified atom stereocenters. The van der Waals surface area contributed by atoms with Crippen molar-refractivity contribution in [3.05, 3.63) is 35.9 Å². The molecule has 0 heterocycles. The lowest BCUT2D eigenvalue weighted by molar-refractivity contribution is -0.143. The van der Waals surface area contributed by atoms with Crippen molar-refractivity contribution in [2.24, 2.45) is 0 Å². The Bertz CT molecular complexity index is 370. The van der Waals surface area contributed by atoms with Gasteiger partial charge in [-0.1, -0.05) is 30.3 Å². The van der Waals surface area contributed by atoms with Crippen LogP contribution in [-0.4, -0.2) is 18.4 Å². The summed E-state index contributed by atoms with van der Waals surface area (Å²) in [5.74, 6) is -0.237. The van der Waals surface area contributed by atoms with Gasteiger partial charge in [0.05, 0.1) is 13.0 Å². The molecule has 1 atom stereocenters. The number of ketones is 1. The fraction of sp³-hybridized carbons (Fsp3) is 0.429. The number of carbonyl (C=O) groups is 2. The van der Waals surface area contributed by atoms with Crippen LogP contribution in [0.5, 0.6) is 0 Å². The molecule has 0 fully saturated rings. The maximum atomic E-state index is 11.5. The van der Waals surface area contributed by atoms with E-state index >= 15 is 0 Å². The molecule has 0 aliphatic rings. The molecule has 0 radical (unpaired) electrons. The van der Waals surface area contributed by atoms with E-state index in [9.17, 15) is 9.59 Å². The lowest BCUT2D eigenvalue weighted by atomic mass is 9.91. The van der Waals surface area contributed by atoms with Gasteiger partial charge in [0, 0.05) is 12.3 Å². The molecular formula is C14H18O3. The second-order valence-electron chi connectivity index (χ2n) is 4.02. The zero-order valence-electron chi connectivity index (χ0n) is 10.3. The Morgan fingerprint density at radius 2 is 1.82 bits per heavy atom. The Morgan fingerprint density at radius 1 is 1.18 bits per heavy atom. The molecular weight excluding hydrogens is 216 g/mol. The van der Waals surface area contributed by atoms with E-state index in [0.717, 1.165) is 5.56 Å². The maximum absolute atomic E-state index is 11.5. The minimum atomic E-state index is -0.248. The highest BCUT2D eigenvalue weighted by atomic mass is 16.5. The Balaban J connectivity index is 2.74. The molecule has 92 valence electrons. The predicted octanol–water partition coefficient (Wildman–Crippen LogP) is 2.70. The number of Topliss-reactive ketones (excluding diaryl/α,β-unsaturated/α-hetero) is 1. The van der Waals surface area contributed by atoms with Gasteiger partial charge < -0.3 is 9.53 Å². The maximum Gasteiger partial charge on any atom is 0.306 e. The Hall–Kier alpha value is -1.64. The van der Waals surface area contributed by atoms with Crippen LogP contribution in [0.15, 0.2) is 30.3 Å². The van der Waals surface area contributed by atoms with E-state index in [0.29, 0.717) is 13.0 Å². The summed E-state index contributed by atoms with van der Waals surface area (Å²) in [6.45, 7) is 3.70. The summed E-state index contributed by atoms with van der Waals surface area (Å²) in [4.78, 5) is 22.7. The number of esters is 1. The van der Waals surface area contributed by atoms with Gasteiger partial charge in [-0.25, -0.2) is 0 Å². The average Bonchev–Trinajstić information content (AvgIpc) is 2.29. The first kappa shape index (κ1) is 13.4. The summed E-state index contributed by atoms with van der Waals surface area (Å²) in [6.07, 6.45) is 0.639. The van der Waals surface area contributed by atoms with E-state index in [4.69, 9.17) is 4.74 Å². The Labute approximate surface area is 102 Å². The Morgan fingerprint density at radius 3 is 2.35 bits per heavy atom. The number of benzene rings is 1. The number of rotatable bonds is 6. The zero-order valence-corrected chi connectivity index (χ0v) is 10.3. The van der Waals surface area contributed by atoms with Gasteiger partial charge in [-0.15, -0.1) is 0 Å². The van der Waals surface area contributed by atoms with Gasteiger partial charge in [-0.05, 0) is 19.4 Å². The molecule has 3 nitrogen and oxygen atoms in total. The third-order valence-electron chi connectivity index (χ3n) is 2.52. The largest absolute Gasteiger partial charge is 0.466 e. The highest BCUT2D eigenvalue weighted by Crippen LogP contribution is 2.24. The first-order valence-electron chi connectivity index (χ1n) is 5.83. The molecule has 0 bridgehead atoms. The van der Waals surface area contributed by atoms with Crippen molar-refractivity contribution in [3.63, 3.8) is 0 Å². The van der Waals surface area contributed by atoms with Crippen LogP contribution in [0.3, 0.4) is 0 Å². The van der Waals surface area contributed by atoms with Crippen LogP contribution in [-0.2, 0) is 14.3 Å². The molecule has 0 aliphatic carbocycles. The Kier molecular flexibility index (Phi) is 5.40.